The average Bonchev–Trinajstić information content (AvgIpc) is 2.48. The third-order valence-corrected chi connectivity index (χ3v) is 3.78. The molecule has 4 N–H and O–H groups in total. The predicted molar refractivity (Wildman–Crippen MR) is 76.7 cm³/mol. The van der Waals surface area contributed by atoms with Crippen LogP contribution in [0.4, 0.5) is 0 Å². The van der Waals surface area contributed by atoms with E-state index in [0.29, 0.717) is 0 Å². The molecule has 0 spiro atoms. The maximum atomic E-state index is 10.9. The van der Waals surface area contributed by atoms with Crippen LogP contribution in [0.15, 0.2) is 36.4 Å². The molecule has 1 atom stereocenters. The van der Waals surface area contributed by atoms with Gasteiger partial charge in [0.05, 0.1) is 11.6 Å². The summed E-state index contributed by atoms with van der Waals surface area (Å²) in [6.45, 7) is 0.753. The summed E-state index contributed by atoms with van der Waals surface area (Å²) in [7, 11) is 0. The largest absolute Gasteiger partial charge is 0.504 e. The van der Waals surface area contributed by atoms with Gasteiger partial charge >= 0.3 is 5.97 Å². The van der Waals surface area contributed by atoms with Crippen LogP contribution in [0.3, 0.4) is 0 Å². The molecule has 0 radical (unpaired) electrons. The van der Waals surface area contributed by atoms with Gasteiger partial charge in [0.15, 0.2) is 11.5 Å². The highest BCUT2D eigenvalue weighted by Crippen LogP contribution is 2.36. The monoisotopic (exact) mass is 285 g/mol. The third-order valence-electron chi connectivity index (χ3n) is 3.78. The van der Waals surface area contributed by atoms with Gasteiger partial charge in [-0.05, 0) is 47.4 Å². The second-order valence-electron chi connectivity index (χ2n) is 5.10. The van der Waals surface area contributed by atoms with Crippen molar-refractivity contribution >= 4 is 5.97 Å². The van der Waals surface area contributed by atoms with E-state index < -0.39 is 5.97 Å². The molecule has 1 heterocycles. The Morgan fingerprint density at radius 1 is 1.10 bits per heavy atom. The predicted octanol–water partition coefficient (Wildman–Crippen LogP) is 2.03. The van der Waals surface area contributed by atoms with Crippen molar-refractivity contribution in [3.63, 3.8) is 0 Å². The number of fused-ring (bicyclic) bond motifs is 1. The van der Waals surface area contributed by atoms with Crippen molar-refractivity contribution in [2.24, 2.45) is 0 Å². The quantitative estimate of drug-likeness (QED) is 0.634. The highest BCUT2D eigenvalue weighted by molar-refractivity contribution is 5.87. The normalized spacial score (nSPS) is 17.2. The Labute approximate surface area is 121 Å². The molecule has 2 aromatic carbocycles. The number of carbonyl (C=O) groups is 1. The van der Waals surface area contributed by atoms with Gasteiger partial charge in [0.25, 0.3) is 0 Å². The summed E-state index contributed by atoms with van der Waals surface area (Å²) < 4.78 is 0. The zero-order valence-corrected chi connectivity index (χ0v) is 11.2. The van der Waals surface area contributed by atoms with E-state index >= 15 is 0 Å². The smallest absolute Gasteiger partial charge is 0.335 e. The molecular weight excluding hydrogens is 270 g/mol. The van der Waals surface area contributed by atoms with Crippen LogP contribution >= 0.6 is 0 Å². The maximum Gasteiger partial charge on any atom is 0.335 e. The Kier molecular flexibility index (Phi) is 3.27. The fraction of sp³-hybridized carbons (Fsp3) is 0.188. The van der Waals surface area contributed by atoms with E-state index in [-0.39, 0.29) is 23.1 Å². The first-order valence-electron chi connectivity index (χ1n) is 6.67. The summed E-state index contributed by atoms with van der Waals surface area (Å²) in [6.07, 6.45) is 0.771. The fourth-order valence-electron chi connectivity index (χ4n) is 2.70. The van der Waals surface area contributed by atoms with Crippen LogP contribution in [0, 0.1) is 0 Å². The SMILES string of the molecule is O=C(O)c1ccc(C2NCCc3cc(O)c(O)cc32)cc1. The van der Waals surface area contributed by atoms with Gasteiger partial charge in [0.2, 0.25) is 0 Å². The van der Waals surface area contributed by atoms with Crippen molar-refractivity contribution in [3.05, 3.63) is 58.7 Å². The zero-order valence-electron chi connectivity index (χ0n) is 11.2. The molecule has 0 bridgehead atoms. The molecule has 3 rings (SSSR count). The lowest BCUT2D eigenvalue weighted by atomic mass is 9.89. The molecule has 1 aliphatic heterocycles. The number of carboxylic acid groups (broad SMARTS) is 1. The van der Waals surface area contributed by atoms with E-state index in [0.717, 1.165) is 29.7 Å². The number of rotatable bonds is 2. The molecule has 5 heteroatoms. The van der Waals surface area contributed by atoms with Gasteiger partial charge in [-0.1, -0.05) is 12.1 Å². The zero-order chi connectivity index (χ0) is 15.0. The molecule has 21 heavy (non-hydrogen) atoms. The van der Waals surface area contributed by atoms with Crippen LogP contribution in [-0.4, -0.2) is 27.8 Å². The molecule has 5 nitrogen and oxygen atoms in total. The van der Waals surface area contributed by atoms with Crippen LogP contribution in [0.25, 0.3) is 0 Å². The first-order valence-corrected chi connectivity index (χ1v) is 6.67. The molecule has 0 saturated carbocycles. The van der Waals surface area contributed by atoms with Gasteiger partial charge in [-0.25, -0.2) is 4.79 Å². The number of phenols is 2. The minimum absolute atomic E-state index is 0.115. The van der Waals surface area contributed by atoms with Crippen LogP contribution in [0.1, 0.15) is 33.1 Å². The standard InChI is InChI=1S/C16H15NO4/c18-13-7-11-5-6-17-15(12(11)8-14(13)19)9-1-3-10(4-2-9)16(20)21/h1-4,7-8,15,17-19H,5-6H2,(H,20,21). The van der Waals surface area contributed by atoms with Gasteiger partial charge < -0.3 is 20.6 Å². The number of nitrogens with one attached hydrogen (secondary N) is 1. The second-order valence-corrected chi connectivity index (χ2v) is 5.10. The number of hydrogen-bond acceptors (Lipinski definition) is 4. The van der Waals surface area contributed by atoms with E-state index in [2.05, 4.69) is 5.32 Å². The summed E-state index contributed by atoms with van der Waals surface area (Å²) in [5.41, 5.74) is 3.05. The number of carboxylic acids is 1. The van der Waals surface area contributed by atoms with Crippen LogP contribution < -0.4 is 5.32 Å². The molecule has 108 valence electrons. The highest BCUT2D eigenvalue weighted by atomic mass is 16.4. The third kappa shape index (κ3) is 2.43. The Balaban J connectivity index is 2.01. The molecule has 0 aromatic heterocycles. The van der Waals surface area contributed by atoms with Crippen LogP contribution in [-0.2, 0) is 6.42 Å². The van der Waals surface area contributed by atoms with Gasteiger partial charge in [0, 0.05) is 6.54 Å². The number of aromatic hydroxyl groups is 2. The van der Waals surface area contributed by atoms with Crippen LogP contribution in [0.2, 0.25) is 0 Å². The summed E-state index contributed by atoms with van der Waals surface area (Å²) >= 11 is 0. The molecule has 1 unspecified atom stereocenters. The average molecular weight is 285 g/mol. The Morgan fingerprint density at radius 2 is 1.76 bits per heavy atom. The van der Waals surface area contributed by atoms with E-state index in [1.165, 1.54) is 0 Å². The molecule has 0 saturated heterocycles. The lowest BCUT2D eigenvalue weighted by molar-refractivity contribution is 0.0697. The van der Waals surface area contributed by atoms with Crippen molar-refractivity contribution in [1.29, 1.82) is 0 Å². The van der Waals surface area contributed by atoms with Gasteiger partial charge in [0.1, 0.15) is 0 Å². The van der Waals surface area contributed by atoms with Crippen LogP contribution in [0.5, 0.6) is 11.5 Å². The Morgan fingerprint density at radius 3 is 2.43 bits per heavy atom. The van der Waals surface area contributed by atoms with E-state index in [9.17, 15) is 15.0 Å². The molecule has 0 aliphatic carbocycles. The molecule has 0 fully saturated rings. The van der Waals surface area contributed by atoms with Crippen molar-refractivity contribution in [2.75, 3.05) is 6.54 Å². The van der Waals surface area contributed by atoms with E-state index in [4.69, 9.17) is 5.11 Å². The van der Waals surface area contributed by atoms with Crippen molar-refractivity contribution in [3.8, 4) is 11.5 Å². The van der Waals surface area contributed by atoms with E-state index in [1.54, 1.807) is 36.4 Å². The minimum Gasteiger partial charge on any atom is -0.504 e. The van der Waals surface area contributed by atoms with Crippen molar-refractivity contribution < 1.29 is 20.1 Å². The summed E-state index contributed by atoms with van der Waals surface area (Å²) in [5, 5.41) is 31.6. The molecule has 0 amide bonds. The summed E-state index contributed by atoms with van der Waals surface area (Å²) in [5.74, 6) is -1.22. The number of benzene rings is 2. The van der Waals surface area contributed by atoms with Crippen molar-refractivity contribution in [1.82, 2.24) is 5.32 Å². The van der Waals surface area contributed by atoms with Gasteiger partial charge in [-0.15, -0.1) is 0 Å². The topological polar surface area (TPSA) is 89.8 Å². The summed E-state index contributed by atoms with van der Waals surface area (Å²) in [6, 6.07) is 9.68. The minimum atomic E-state index is -0.957. The number of aromatic carboxylic acids is 1. The first-order chi connectivity index (χ1) is 10.1. The second kappa shape index (κ2) is 5.10. The maximum absolute atomic E-state index is 10.9. The summed E-state index contributed by atoms with van der Waals surface area (Å²) in [4.78, 5) is 10.9. The van der Waals surface area contributed by atoms with Gasteiger partial charge in [-0.3, -0.25) is 0 Å². The lowest BCUT2D eigenvalue weighted by Crippen LogP contribution is -2.30. The molecule has 1 aliphatic rings. The van der Waals surface area contributed by atoms with Gasteiger partial charge in [-0.2, -0.15) is 0 Å². The number of hydrogen-bond donors (Lipinski definition) is 4. The Bertz CT molecular complexity index is 694. The molecular formula is C16H15NO4. The van der Waals surface area contributed by atoms with E-state index in [1.807, 2.05) is 0 Å². The molecule has 2 aromatic rings. The lowest BCUT2D eigenvalue weighted by Gasteiger charge is -2.27. The number of phenolic OH excluding ortho intramolecular Hbond substituents is 2. The highest BCUT2D eigenvalue weighted by Gasteiger charge is 2.23. The fourth-order valence-corrected chi connectivity index (χ4v) is 2.70. The first kappa shape index (κ1) is 13.5. The Hall–Kier alpha value is -2.53. The van der Waals surface area contributed by atoms with Crippen molar-refractivity contribution in [2.45, 2.75) is 12.5 Å².